The van der Waals surface area contributed by atoms with Crippen molar-refractivity contribution in [1.29, 1.82) is 0 Å². The van der Waals surface area contributed by atoms with Crippen molar-refractivity contribution in [3.8, 4) is 0 Å². The van der Waals surface area contributed by atoms with E-state index in [1.54, 1.807) is 12.3 Å². The summed E-state index contributed by atoms with van der Waals surface area (Å²) in [5.74, 6) is -0.0372. The summed E-state index contributed by atoms with van der Waals surface area (Å²) in [5, 5.41) is 8.97. The maximum Gasteiger partial charge on any atom is 0.178 e. The van der Waals surface area contributed by atoms with Gasteiger partial charge in [-0.05, 0) is 26.0 Å². The van der Waals surface area contributed by atoms with Crippen LogP contribution in [0.5, 0.6) is 0 Å². The van der Waals surface area contributed by atoms with Crippen LogP contribution in [0.1, 0.15) is 31.3 Å². The number of hydrogen-bond donors (Lipinski definition) is 1. The number of Topliss-reactive ketones (excluding diaryl/α,β-unsaturated/α-hetero) is 1. The van der Waals surface area contributed by atoms with Crippen LogP contribution in [0.2, 0.25) is 0 Å². The van der Waals surface area contributed by atoms with Crippen molar-refractivity contribution < 1.29 is 9.90 Å². The van der Waals surface area contributed by atoms with Gasteiger partial charge in [-0.25, -0.2) is 0 Å². The summed E-state index contributed by atoms with van der Waals surface area (Å²) in [6.45, 7) is 6.27. The molecule has 1 N–H and O–H groups in total. The van der Waals surface area contributed by atoms with Gasteiger partial charge in [0.1, 0.15) is 5.69 Å². The summed E-state index contributed by atoms with van der Waals surface area (Å²) in [6, 6.07) is 3.86. The monoisotopic (exact) mass is 222 g/mol. The fraction of sp³-hybridized carbons (Fsp3) is 0.500. The van der Waals surface area contributed by atoms with Crippen molar-refractivity contribution >= 4 is 11.5 Å². The number of pyridine rings is 1. The van der Waals surface area contributed by atoms with E-state index in [9.17, 15) is 4.79 Å². The highest BCUT2D eigenvalue weighted by Crippen LogP contribution is 2.15. The van der Waals surface area contributed by atoms with Gasteiger partial charge in [0.05, 0.1) is 18.5 Å². The molecule has 0 aliphatic carbocycles. The summed E-state index contributed by atoms with van der Waals surface area (Å²) in [6.07, 6.45) is 1.67. The van der Waals surface area contributed by atoms with Gasteiger partial charge >= 0.3 is 0 Å². The minimum absolute atomic E-state index is 0.0372. The third-order valence-corrected chi connectivity index (χ3v) is 2.40. The molecule has 16 heavy (non-hydrogen) atoms. The molecule has 0 saturated heterocycles. The van der Waals surface area contributed by atoms with Crippen molar-refractivity contribution in [2.24, 2.45) is 0 Å². The van der Waals surface area contributed by atoms with Gasteiger partial charge in [-0.3, -0.25) is 9.78 Å². The maximum atomic E-state index is 11.1. The molecule has 0 saturated carbocycles. The summed E-state index contributed by atoms with van der Waals surface area (Å²) in [5.41, 5.74) is 1.39. The first kappa shape index (κ1) is 12.6. The van der Waals surface area contributed by atoms with Gasteiger partial charge in [-0.2, -0.15) is 0 Å². The van der Waals surface area contributed by atoms with Gasteiger partial charge < -0.3 is 10.0 Å². The Morgan fingerprint density at radius 2 is 2.19 bits per heavy atom. The Morgan fingerprint density at radius 3 is 2.56 bits per heavy atom. The fourth-order valence-corrected chi connectivity index (χ4v) is 1.56. The van der Waals surface area contributed by atoms with Crippen LogP contribution >= 0.6 is 0 Å². The average molecular weight is 222 g/mol. The summed E-state index contributed by atoms with van der Waals surface area (Å²) < 4.78 is 0. The number of carbonyl (C=O) groups excluding carboxylic acids is 1. The number of aromatic nitrogens is 1. The zero-order chi connectivity index (χ0) is 12.1. The number of aliphatic hydroxyl groups is 1. The molecular weight excluding hydrogens is 204 g/mol. The third-order valence-electron chi connectivity index (χ3n) is 2.40. The van der Waals surface area contributed by atoms with Crippen LogP contribution in [-0.4, -0.2) is 35.1 Å². The Morgan fingerprint density at radius 1 is 1.50 bits per heavy atom. The number of ketones is 1. The first-order valence-electron chi connectivity index (χ1n) is 5.40. The van der Waals surface area contributed by atoms with E-state index in [0.29, 0.717) is 12.2 Å². The smallest absolute Gasteiger partial charge is 0.178 e. The topological polar surface area (TPSA) is 53.4 Å². The average Bonchev–Trinajstić information content (AvgIpc) is 2.25. The lowest BCUT2D eigenvalue weighted by Crippen LogP contribution is -2.33. The lowest BCUT2D eigenvalue weighted by atomic mass is 10.2. The number of aliphatic hydroxyl groups excluding tert-OH is 1. The Balaban J connectivity index is 2.89. The first-order valence-corrected chi connectivity index (χ1v) is 5.40. The standard InChI is InChI=1S/C12H18N2O2/c1-9(2)14(6-7-15)11-4-5-12(10(3)16)13-8-11/h4-5,8-9,15H,6-7H2,1-3H3. The van der Waals surface area contributed by atoms with E-state index >= 15 is 0 Å². The van der Waals surface area contributed by atoms with Crippen molar-refractivity contribution in [3.63, 3.8) is 0 Å². The SMILES string of the molecule is CC(=O)c1ccc(N(CCO)C(C)C)cn1. The molecule has 0 atom stereocenters. The van der Waals surface area contributed by atoms with Crippen molar-refractivity contribution in [1.82, 2.24) is 4.98 Å². The van der Waals surface area contributed by atoms with E-state index in [-0.39, 0.29) is 18.4 Å². The Hall–Kier alpha value is -1.42. The predicted molar refractivity (Wildman–Crippen MR) is 63.8 cm³/mol. The van der Waals surface area contributed by atoms with Gasteiger partial charge in [0.25, 0.3) is 0 Å². The molecule has 0 aromatic carbocycles. The Bertz CT molecular complexity index is 347. The van der Waals surface area contributed by atoms with Crippen LogP contribution in [0.25, 0.3) is 0 Å². The molecule has 1 heterocycles. The Labute approximate surface area is 95.9 Å². The molecule has 0 radical (unpaired) electrons. The van der Waals surface area contributed by atoms with Crippen molar-refractivity contribution in [2.75, 3.05) is 18.1 Å². The molecule has 0 spiro atoms. The van der Waals surface area contributed by atoms with E-state index in [2.05, 4.69) is 18.8 Å². The van der Waals surface area contributed by atoms with Crippen molar-refractivity contribution in [3.05, 3.63) is 24.0 Å². The molecule has 4 nitrogen and oxygen atoms in total. The van der Waals surface area contributed by atoms with E-state index in [1.165, 1.54) is 6.92 Å². The normalized spacial score (nSPS) is 10.6. The molecule has 0 unspecified atom stereocenters. The highest BCUT2D eigenvalue weighted by molar-refractivity contribution is 5.92. The largest absolute Gasteiger partial charge is 0.395 e. The molecule has 88 valence electrons. The molecule has 1 aromatic heterocycles. The highest BCUT2D eigenvalue weighted by atomic mass is 16.3. The summed E-state index contributed by atoms with van der Waals surface area (Å²) in [7, 11) is 0. The van der Waals surface area contributed by atoms with Crippen molar-refractivity contribution in [2.45, 2.75) is 26.8 Å². The van der Waals surface area contributed by atoms with E-state index in [1.807, 2.05) is 11.0 Å². The maximum absolute atomic E-state index is 11.1. The second-order valence-electron chi connectivity index (χ2n) is 3.97. The minimum atomic E-state index is -0.0372. The zero-order valence-corrected chi connectivity index (χ0v) is 9.97. The quantitative estimate of drug-likeness (QED) is 0.767. The van der Waals surface area contributed by atoms with E-state index in [0.717, 1.165) is 5.69 Å². The summed E-state index contributed by atoms with van der Waals surface area (Å²) in [4.78, 5) is 17.2. The molecule has 0 aliphatic rings. The fourth-order valence-electron chi connectivity index (χ4n) is 1.56. The van der Waals surface area contributed by atoms with Gasteiger partial charge in [0, 0.05) is 19.5 Å². The van der Waals surface area contributed by atoms with Crippen LogP contribution in [0.3, 0.4) is 0 Å². The van der Waals surface area contributed by atoms with Crippen LogP contribution in [0.15, 0.2) is 18.3 Å². The lowest BCUT2D eigenvalue weighted by Gasteiger charge is -2.27. The van der Waals surface area contributed by atoms with Gasteiger partial charge in [-0.1, -0.05) is 0 Å². The van der Waals surface area contributed by atoms with Crippen LogP contribution in [-0.2, 0) is 0 Å². The third kappa shape index (κ3) is 3.03. The second-order valence-corrected chi connectivity index (χ2v) is 3.97. The second kappa shape index (κ2) is 5.61. The molecule has 0 aliphatic heterocycles. The minimum Gasteiger partial charge on any atom is -0.395 e. The number of hydrogen-bond acceptors (Lipinski definition) is 4. The Kier molecular flexibility index (Phi) is 4.43. The summed E-state index contributed by atoms with van der Waals surface area (Å²) >= 11 is 0. The number of rotatable bonds is 5. The molecule has 4 heteroatoms. The lowest BCUT2D eigenvalue weighted by molar-refractivity contribution is 0.101. The molecular formula is C12H18N2O2. The number of anilines is 1. The molecule has 0 fully saturated rings. The van der Waals surface area contributed by atoms with E-state index < -0.39 is 0 Å². The highest BCUT2D eigenvalue weighted by Gasteiger charge is 2.10. The molecule has 1 rings (SSSR count). The van der Waals surface area contributed by atoms with Gasteiger partial charge in [0.15, 0.2) is 5.78 Å². The number of carbonyl (C=O) groups is 1. The van der Waals surface area contributed by atoms with Crippen LogP contribution in [0, 0.1) is 0 Å². The van der Waals surface area contributed by atoms with Crippen LogP contribution in [0.4, 0.5) is 5.69 Å². The molecule has 1 aromatic rings. The molecule has 0 amide bonds. The predicted octanol–water partition coefficient (Wildman–Crippen LogP) is 1.49. The van der Waals surface area contributed by atoms with Gasteiger partial charge in [0.2, 0.25) is 0 Å². The van der Waals surface area contributed by atoms with Gasteiger partial charge in [-0.15, -0.1) is 0 Å². The number of nitrogens with zero attached hydrogens (tertiary/aromatic N) is 2. The molecule has 0 bridgehead atoms. The van der Waals surface area contributed by atoms with Crippen LogP contribution < -0.4 is 4.90 Å². The zero-order valence-electron chi connectivity index (χ0n) is 9.97. The first-order chi connectivity index (χ1) is 7.56. The van der Waals surface area contributed by atoms with E-state index in [4.69, 9.17) is 5.11 Å².